The van der Waals surface area contributed by atoms with Crippen LogP contribution in [0.15, 0.2) is 13.6 Å². The average Bonchev–Trinajstić information content (AvgIpc) is 2.95. The average molecular weight is 422 g/mol. The molecular weight excluding hydrogens is 404 g/mol. The van der Waals surface area contributed by atoms with Crippen LogP contribution in [-0.4, -0.2) is 53.8 Å². The van der Waals surface area contributed by atoms with Crippen molar-refractivity contribution in [2.45, 2.75) is 31.8 Å². The molecule has 1 aromatic heterocycles. The number of hydrogen-bond acceptors (Lipinski definition) is 4. The first-order valence-electron chi connectivity index (χ1n) is 7.00. The highest BCUT2D eigenvalue weighted by Gasteiger charge is 2.35. The van der Waals surface area contributed by atoms with Gasteiger partial charge in [0, 0.05) is 30.7 Å². The minimum Gasteiger partial charge on any atom is -0.298 e. The Morgan fingerprint density at radius 2 is 2.25 bits per heavy atom. The van der Waals surface area contributed by atoms with E-state index in [0.29, 0.717) is 18.6 Å². The van der Waals surface area contributed by atoms with Crippen LogP contribution < -0.4 is 0 Å². The highest BCUT2D eigenvalue weighted by molar-refractivity contribution is 9.12. The Hall–Kier alpha value is 0.250. The van der Waals surface area contributed by atoms with Gasteiger partial charge in [-0.25, -0.2) is 0 Å². The van der Waals surface area contributed by atoms with E-state index in [9.17, 15) is 4.79 Å². The number of rotatable bonds is 3. The lowest BCUT2D eigenvalue weighted by atomic mass is 10.1. The summed E-state index contributed by atoms with van der Waals surface area (Å²) in [6.45, 7) is 6.15. The molecule has 0 amide bonds. The Morgan fingerprint density at radius 3 is 2.95 bits per heavy atom. The normalized spacial score (nSPS) is 27.8. The van der Waals surface area contributed by atoms with Gasteiger partial charge >= 0.3 is 0 Å². The molecule has 0 aliphatic carbocycles. The Balaban J connectivity index is 1.67. The van der Waals surface area contributed by atoms with E-state index in [4.69, 9.17) is 0 Å². The minimum atomic E-state index is 0.220. The van der Waals surface area contributed by atoms with Crippen LogP contribution in [0.3, 0.4) is 0 Å². The zero-order chi connectivity index (χ0) is 14.3. The van der Waals surface area contributed by atoms with E-state index in [2.05, 4.69) is 48.6 Å². The van der Waals surface area contributed by atoms with Gasteiger partial charge in [0.05, 0.1) is 14.1 Å². The van der Waals surface area contributed by atoms with E-state index < -0.39 is 0 Å². The number of ketones is 1. The van der Waals surface area contributed by atoms with Gasteiger partial charge in [-0.2, -0.15) is 0 Å². The highest BCUT2D eigenvalue weighted by Crippen LogP contribution is 2.32. The van der Waals surface area contributed by atoms with E-state index in [1.165, 1.54) is 19.4 Å². The first-order chi connectivity index (χ1) is 9.54. The maximum atomic E-state index is 12.5. The predicted octanol–water partition coefficient (Wildman–Crippen LogP) is 3.62. The third kappa shape index (κ3) is 3.04. The molecule has 1 aromatic rings. The van der Waals surface area contributed by atoms with Crippen LogP contribution in [0.4, 0.5) is 0 Å². The Bertz CT molecular complexity index is 519. The van der Waals surface area contributed by atoms with Gasteiger partial charge in [-0.15, -0.1) is 11.3 Å². The van der Waals surface area contributed by atoms with Crippen molar-refractivity contribution in [1.29, 1.82) is 0 Å². The smallest absolute Gasteiger partial charge is 0.178 e. The number of nitrogens with zero attached hydrogens (tertiary/aromatic N) is 2. The van der Waals surface area contributed by atoms with Crippen LogP contribution in [0.5, 0.6) is 0 Å². The second-order valence-electron chi connectivity index (χ2n) is 5.73. The Morgan fingerprint density at radius 1 is 1.45 bits per heavy atom. The molecular formula is C14H18Br2N2OS. The Labute approximate surface area is 140 Å². The SMILES string of the molecule is CC1CN2CCCC2CN1CC(=O)c1cc(Br)sc1Br. The molecule has 3 nitrogen and oxygen atoms in total. The maximum absolute atomic E-state index is 12.5. The number of carbonyl (C=O) groups is 1. The molecule has 2 aliphatic heterocycles. The van der Waals surface area contributed by atoms with Crippen LogP contribution in [-0.2, 0) is 0 Å². The number of fused-ring (bicyclic) bond motifs is 1. The summed E-state index contributed by atoms with van der Waals surface area (Å²) in [6.07, 6.45) is 2.59. The molecule has 110 valence electrons. The molecule has 2 unspecified atom stereocenters. The molecule has 2 saturated heterocycles. The first-order valence-corrected chi connectivity index (χ1v) is 9.41. The highest BCUT2D eigenvalue weighted by atomic mass is 79.9. The quantitative estimate of drug-likeness (QED) is 0.696. The number of piperazine rings is 1. The van der Waals surface area contributed by atoms with Gasteiger partial charge < -0.3 is 0 Å². The zero-order valence-electron chi connectivity index (χ0n) is 11.4. The Kier molecular flexibility index (Phi) is 4.67. The topological polar surface area (TPSA) is 23.6 Å². The van der Waals surface area contributed by atoms with Gasteiger partial charge in [-0.1, -0.05) is 0 Å². The molecule has 2 aliphatic rings. The summed E-state index contributed by atoms with van der Waals surface area (Å²) in [5, 5.41) is 0. The van der Waals surface area contributed by atoms with E-state index in [1.54, 1.807) is 11.3 Å². The van der Waals surface area contributed by atoms with Crippen LogP contribution in [0.25, 0.3) is 0 Å². The number of hydrogen-bond donors (Lipinski definition) is 0. The van der Waals surface area contributed by atoms with Gasteiger partial charge in [0.25, 0.3) is 0 Å². The van der Waals surface area contributed by atoms with E-state index in [-0.39, 0.29) is 5.78 Å². The molecule has 0 N–H and O–H groups in total. The fourth-order valence-corrected chi connectivity index (χ4v) is 6.12. The van der Waals surface area contributed by atoms with Crippen molar-refractivity contribution < 1.29 is 4.79 Å². The molecule has 3 heterocycles. The molecule has 2 fully saturated rings. The van der Waals surface area contributed by atoms with Crippen molar-refractivity contribution >= 4 is 49.0 Å². The van der Waals surface area contributed by atoms with Crippen molar-refractivity contribution in [2.24, 2.45) is 0 Å². The van der Waals surface area contributed by atoms with E-state index in [1.807, 2.05) is 6.07 Å². The summed E-state index contributed by atoms with van der Waals surface area (Å²) < 4.78 is 1.93. The number of Topliss-reactive ketones (excluding diaryl/α,β-unsaturated/α-hetero) is 1. The number of thiophene rings is 1. The molecule has 0 saturated carbocycles. The molecule has 3 rings (SSSR count). The summed E-state index contributed by atoms with van der Waals surface area (Å²) >= 11 is 8.49. The third-order valence-electron chi connectivity index (χ3n) is 4.37. The van der Waals surface area contributed by atoms with Gasteiger partial charge in [0.15, 0.2) is 5.78 Å². The van der Waals surface area contributed by atoms with Gasteiger partial charge in [0.2, 0.25) is 0 Å². The predicted molar refractivity (Wildman–Crippen MR) is 89.7 cm³/mol. The second-order valence-corrected chi connectivity index (χ2v) is 9.48. The monoisotopic (exact) mass is 420 g/mol. The van der Waals surface area contributed by atoms with Crippen molar-refractivity contribution in [3.05, 3.63) is 19.2 Å². The van der Waals surface area contributed by atoms with Crippen LogP contribution >= 0.6 is 43.2 Å². The lowest BCUT2D eigenvalue weighted by Crippen LogP contribution is -2.55. The zero-order valence-corrected chi connectivity index (χ0v) is 15.4. The maximum Gasteiger partial charge on any atom is 0.178 e. The van der Waals surface area contributed by atoms with Crippen molar-refractivity contribution in [3.8, 4) is 0 Å². The lowest BCUT2D eigenvalue weighted by Gasteiger charge is -2.41. The molecule has 0 bridgehead atoms. The van der Waals surface area contributed by atoms with Gasteiger partial charge in [0.1, 0.15) is 0 Å². The molecule has 0 radical (unpaired) electrons. The van der Waals surface area contributed by atoms with Crippen molar-refractivity contribution in [3.63, 3.8) is 0 Å². The largest absolute Gasteiger partial charge is 0.298 e. The second kappa shape index (κ2) is 6.16. The summed E-state index contributed by atoms with van der Waals surface area (Å²) in [4.78, 5) is 17.4. The third-order valence-corrected chi connectivity index (χ3v) is 6.71. The summed E-state index contributed by atoms with van der Waals surface area (Å²) in [6, 6.07) is 3.05. The molecule has 0 spiro atoms. The number of halogens is 2. The van der Waals surface area contributed by atoms with Gasteiger partial charge in [-0.3, -0.25) is 14.6 Å². The first kappa shape index (κ1) is 15.2. The van der Waals surface area contributed by atoms with E-state index >= 15 is 0 Å². The minimum absolute atomic E-state index is 0.220. The lowest BCUT2D eigenvalue weighted by molar-refractivity contribution is 0.0535. The van der Waals surface area contributed by atoms with Crippen molar-refractivity contribution in [2.75, 3.05) is 26.2 Å². The fourth-order valence-electron chi connectivity index (χ4n) is 3.27. The molecule has 6 heteroatoms. The van der Waals surface area contributed by atoms with E-state index in [0.717, 1.165) is 26.2 Å². The molecule has 2 atom stereocenters. The van der Waals surface area contributed by atoms with Crippen LogP contribution in [0.1, 0.15) is 30.1 Å². The molecule has 0 aromatic carbocycles. The number of carbonyl (C=O) groups excluding carboxylic acids is 1. The van der Waals surface area contributed by atoms with Crippen LogP contribution in [0, 0.1) is 0 Å². The summed E-state index contributed by atoms with van der Waals surface area (Å²) in [7, 11) is 0. The fraction of sp³-hybridized carbons (Fsp3) is 0.643. The standard InChI is InChI=1S/C14H18Br2N2OS/c1-9-6-17-4-2-3-10(17)7-18(9)8-12(19)11-5-13(15)20-14(11)16/h5,9-10H,2-4,6-8H2,1H3. The summed E-state index contributed by atoms with van der Waals surface area (Å²) in [5.74, 6) is 0.220. The van der Waals surface area contributed by atoms with Crippen molar-refractivity contribution in [1.82, 2.24) is 9.80 Å². The van der Waals surface area contributed by atoms with Gasteiger partial charge in [-0.05, 0) is 64.2 Å². The van der Waals surface area contributed by atoms with Crippen LogP contribution in [0.2, 0.25) is 0 Å². The summed E-state index contributed by atoms with van der Waals surface area (Å²) in [5.41, 5.74) is 0.808. The molecule has 20 heavy (non-hydrogen) atoms.